The summed E-state index contributed by atoms with van der Waals surface area (Å²) in [7, 11) is 0. The number of nitrogens with zero attached hydrogens (tertiary/aromatic N) is 1. The van der Waals surface area contributed by atoms with E-state index in [9.17, 15) is 0 Å². The molecule has 1 aromatic heterocycles. The van der Waals surface area contributed by atoms with Crippen LogP contribution in [0.1, 0.15) is 17.0 Å². The number of rotatable bonds is 3. The predicted octanol–water partition coefficient (Wildman–Crippen LogP) is 3.82. The van der Waals surface area contributed by atoms with Crippen LogP contribution >= 0.6 is 23.4 Å². The number of hydrogen-bond acceptors (Lipinski definition) is 4. The average molecular weight is 269 g/mol. The zero-order valence-corrected chi connectivity index (χ0v) is 11.2. The Labute approximate surface area is 109 Å². The van der Waals surface area contributed by atoms with E-state index in [1.807, 2.05) is 26.0 Å². The molecule has 2 rings (SSSR count). The number of aromatic nitrogens is 1. The second-order valence-electron chi connectivity index (χ2n) is 3.77. The van der Waals surface area contributed by atoms with Crippen LogP contribution in [-0.2, 0) is 5.75 Å². The van der Waals surface area contributed by atoms with E-state index in [0.717, 1.165) is 33.4 Å². The molecule has 0 fully saturated rings. The molecule has 0 atom stereocenters. The first-order chi connectivity index (χ1) is 8.08. The molecule has 0 aliphatic carbocycles. The number of hydrogen-bond donors (Lipinski definition) is 1. The lowest BCUT2D eigenvalue weighted by atomic mass is 10.2. The standard InChI is InChI=1S/C12H13ClN2OS/c1-7-10(8(2)16-15-7)6-17-12-5-9(13)3-4-11(12)14/h3-5H,6,14H2,1-2H3. The van der Waals surface area contributed by atoms with Crippen LogP contribution in [0, 0.1) is 13.8 Å². The summed E-state index contributed by atoms with van der Waals surface area (Å²) in [6, 6.07) is 5.48. The zero-order chi connectivity index (χ0) is 12.4. The fourth-order valence-electron chi connectivity index (χ4n) is 1.49. The van der Waals surface area contributed by atoms with Crippen LogP contribution < -0.4 is 5.73 Å². The Bertz CT molecular complexity index is 520. The third-order valence-electron chi connectivity index (χ3n) is 2.53. The van der Waals surface area contributed by atoms with Crippen molar-refractivity contribution in [2.75, 3.05) is 5.73 Å². The average Bonchev–Trinajstić information content (AvgIpc) is 2.61. The minimum atomic E-state index is 0.695. The van der Waals surface area contributed by atoms with Gasteiger partial charge in [-0.05, 0) is 32.0 Å². The topological polar surface area (TPSA) is 52.0 Å². The van der Waals surface area contributed by atoms with Crippen LogP contribution in [0.25, 0.3) is 0 Å². The Hall–Kier alpha value is -1.13. The summed E-state index contributed by atoms with van der Waals surface area (Å²) in [5, 5.41) is 4.62. The van der Waals surface area contributed by atoms with Gasteiger partial charge in [-0.2, -0.15) is 0 Å². The number of aryl methyl sites for hydroxylation is 2. The van der Waals surface area contributed by atoms with Crippen molar-refractivity contribution in [3.05, 3.63) is 40.2 Å². The molecule has 0 aliphatic rings. The Balaban J connectivity index is 2.15. The van der Waals surface area contributed by atoms with Crippen LogP contribution in [0.2, 0.25) is 5.02 Å². The van der Waals surface area contributed by atoms with Crippen LogP contribution in [0.4, 0.5) is 5.69 Å². The number of nitrogens with two attached hydrogens (primary N) is 1. The second kappa shape index (κ2) is 5.02. The maximum atomic E-state index is 5.94. The molecule has 0 aliphatic heterocycles. The second-order valence-corrected chi connectivity index (χ2v) is 5.23. The molecule has 5 heteroatoms. The highest BCUT2D eigenvalue weighted by molar-refractivity contribution is 7.98. The van der Waals surface area contributed by atoms with Crippen molar-refractivity contribution in [2.45, 2.75) is 24.5 Å². The van der Waals surface area contributed by atoms with Crippen molar-refractivity contribution in [1.82, 2.24) is 5.16 Å². The van der Waals surface area contributed by atoms with Crippen LogP contribution in [0.15, 0.2) is 27.6 Å². The van der Waals surface area contributed by atoms with E-state index < -0.39 is 0 Å². The molecule has 0 radical (unpaired) electrons. The summed E-state index contributed by atoms with van der Waals surface area (Å²) in [5.41, 5.74) is 8.67. The summed E-state index contributed by atoms with van der Waals surface area (Å²) in [6.07, 6.45) is 0. The molecule has 0 amide bonds. The molecule has 0 saturated heterocycles. The Morgan fingerprint density at radius 3 is 2.82 bits per heavy atom. The maximum Gasteiger partial charge on any atom is 0.137 e. The van der Waals surface area contributed by atoms with Gasteiger partial charge in [0.05, 0.1) is 5.69 Å². The number of thioether (sulfide) groups is 1. The van der Waals surface area contributed by atoms with Gasteiger partial charge in [-0.25, -0.2) is 0 Å². The van der Waals surface area contributed by atoms with Crippen molar-refractivity contribution in [3.8, 4) is 0 Å². The zero-order valence-electron chi connectivity index (χ0n) is 9.66. The molecular weight excluding hydrogens is 256 g/mol. The molecule has 0 saturated carbocycles. The van der Waals surface area contributed by atoms with Gasteiger partial charge < -0.3 is 10.3 Å². The number of nitrogen functional groups attached to an aromatic ring is 1. The van der Waals surface area contributed by atoms with Crippen LogP contribution in [0.3, 0.4) is 0 Å². The van der Waals surface area contributed by atoms with Crippen molar-refractivity contribution >= 4 is 29.1 Å². The van der Waals surface area contributed by atoms with E-state index in [1.165, 1.54) is 0 Å². The van der Waals surface area contributed by atoms with E-state index in [4.69, 9.17) is 21.9 Å². The molecule has 3 nitrogen and oxygen atoms in total. The molecule has 1 aromatic carbocycles. The molecule has 0 spiro atoms. The van der Waals surface area contributed by atoms with Gasteiger partial charge in [0, 0.05) is 26.9 Å². The van der Waals surface area contributed by atoms with Crippen molar-refractivity contribution in [1.29, 1.82) is 0 Å². The summed E-state index contributed by atoms with van der Waals surface area (Å²) in [4.78, 5) is 0.984. The van der Waals surface area contributed by atoms with Gasteiger partial charge in [0.25, 0.3) is 0 Å². The first-order valence-electron chi connectivity index (χ1n) is 5.17. The number of anilines is 1. The van der Waals surface area contributed by atoms with Crippen molar-refractivity contribution in [3.63, 3.8) is 0 Å². The van der Waals surface area contributed by atoms with E-state index in [2.05, 4.69) is 5.16 Å². The number of benzene rings is 1. The van der Waals surface area contributed by atoms with Crippen molar-refractivity contribution in [2.24, 2.45) is 0 Å². The van der Waals surface area contributed by atoms with E-state index in [0.29, 0.717) is 5.02 Å². The highest BCUT2D eigenvalue weighted by atomic mass is 35.5. The molecule has 1 heterocycles. The SMILES string of the molecule is Cc1noc(C)c1CSc1cc(Cl)ccc1N. The maximum absolute atomic E-state index is 5.94. The molecule has 0 unspecified atom stereocenters. The monoisotopic (exact) mass is 268 g/mol. The minimum Gasteiger partial charge on any atom is -0.398 e. The third-order valence-corrected chi connectivity index (χ3v) is 3.86. The molecular formula is C12H13ClN2OS. The smallest absolute Gasteiger partial charge is 0.137 e. The molecule has 90 valence electrons. The van der Waals surface area contributed by atoms with Crippen LogP contribution in [0.5, 0.6) is 0 Å². The van der Waals surface area contributed by atoms with E-state index >= 15 is 0 Å². The van der Waals surface area contributed by atoms with Gasteiger partial charge in [-0.1, -0.05) is 16.8 Å². The first kappa shape index (κ1) is 12.3. The fourth-order valence-corrected chi connectivity index (χ4v) is 2.88. The Morgan fingerprint density at radius 1 is 1.41 bits per heavy atom. The predicted molar refractivity (Wildman–Crippen MR) is 71.4 cm³/mol. The molecule has 17 heavy (non-hydrogen) atoms. The lowest BCUT2D eigenvalue weighted by molar-refractivity contribution is 0.392. The Kier molecular flexibility index (Phi) is 3.64. The summed E-state index contributed by atoms with van der Waals surface area (Å²) in [5.74, 6) is 1.64. The lowest BCUT2D eigenvalue weighted by Gasteiger charge is -2.05. The summed E-state index contributed by atoms with van der Waals surface area (Å²) in [6.45, 7) is 3.85. The Morgan fingerprint density at radius 2 is 2.18 bits per heavy atom. The summed E-state index contributed by atoms with van der Waals surface area (Å²) >= 11 is 7.58. The first-order valence-corrected chi connectivity index (χ1v) is 6.54. The van der Waals surface area contributed by atoms with Crippen LogP contribution in [-0.4, -0.2) is 5.16 Å². The highest BCUT2D eigenvalue weighted by Crippen LogP contribution is 2.31. The quantitative estimate of drug-likeness (QED) is 0.679. The van der Waals surface area contributed by atoms with Gasteiger partial charge in [-0.15, -0.1) is 11.8 Å². The molecule has 2 N–H and O–H groups in total. The van der Waals surface area contributed by atoms with Gasteiger partial charge in [0.2, 0.25) is 0 Å². The van der Waals surface area contributed by atoms with Gasteiger partial charge >= 0.3 is 0 Å². The fraction of sp³-hybridized carbons (Fsp3) is 0.250. The minimum absolute atomic E-state index is 0.695. The van der Waals surface area contributed by atoms with Gasteiger partial charge in [0.15, 0.2) is 0 Å². The third kappa shape index (κ3) is 2.76. The molecule has 2 aromatic rings. The van der Waals surface area contributed by atoms with Gasteiger partial charge in [0.1, 0.15) is 5.76 Å². The number of halogens is 1. The highest BCUT2D eigenvalue weighted by Gasteiger charge is 2.10. The van der Waals surface area contributed by atoms with E-state index in [-0.39, 0.29) is 0 Å². The van der Waals surface area contributed by atoms with E-state index in [1.54, 1.807) is 17.8 Å². The van der Waals surface area contributed by atoms with Crippen molar-refractivity contribution < 1.29 is 4.52 Å². The largest absolute Gasteiger partial charge is 0.398 e. The molecule has 0 bridgehead atoms. The lowest BCUT2D eigenvalue weighted by Crippen LogP contribution is -1.90. The summed E-state index contributed by atoms with van der Waals surface area (Å²) < 4.78 is 5.12. The van der Waals surface area contributed by atoms with Gasteiger partial charge in [-0.3, -0.25) is 0 Å². The normalized spacial score (nSPS) is 10.8.